The Morgan fingerprint density at radius 2 is 1.70 bits per heavy atom. The Kier molecular flexibility index (Phi) is 3.84. The second-order valence-electron chi connectivity index (χ2n) is 9.84. The molecule has 0 spiro atoms. The highest BCUT2D eigenvalue weighted by Gasteiger charge is 2.66. The first-order chi connectivity index (χ1) is 10.5. The highest BCUT2D eigenvalue weighted by molar-refractivity contribution is 5.19. The van der Waals surface area contributed by atoms with E-state index in [1.165, 1.54) is 6.42 Å². The van der Waals surface area contributed by atoms with Crippen LogP contribution in [0, 0.1) is 28.1 Å². The third-order valence-electron chi connectivity index (χ3n) is 7.93. The normalized spacial score (nSPS) is 55.6. The summed E-state index contributed by atoms with van der Waals surface area (Å²) in [6.45, 7) is 12.7. The van der Waals surface area contributed by atoms with Gasteiger partial charge < -0.3 is 15.3 Å². The molecule has 0 saturated heterocycles. The third kappa shape index (κ3) is 2.26. The van der Waals surface area contributed by atoms with Crippen molar-refractivity contribution in [2.45, 2.75) is 84.0 Å². The Hall–Kier alpha value is -0.380. The molecule has 132 valence electrons. The minimum Gasteiger partial charge on any atom is -0.390 e. The van der Waals surface area contributed by atoms with Crippen LogP contribution in [0.1, 0.15) is 66.2 Å². The van der Waals surface area contributed by atoms with Gasteiger partial charge in [0.2, 0.25) is 0 Å². The number of hydrogen-bond donors (Lipinski definition) is 3. The molecule has 3 saturated carbocycles. The zero-order valence-electron chi connectivity index (χ0n) is 15.2. The maximum atomic E-state index is 11.5. The van der Waals surface area contributed by atoms with Crippen molar-refractivity contribution in [3.63, 3.8) is 0 Å². The molecule has 3 nitrogen and oxygen atoms in total. The van der Waals surface area contributed by atoms with E-state index in [9.17, 15) is 15.3 Å². The Balaban J connectivity index is 2.05. The second-order valence-corrected chi connectivity index (χ2v) is 9.84. The van der Waals surface area contributed by atoms with Gasteiger partial charge in [-0.2, -0.15) is 0 Å². The van der Waals surface area contributed by atoms with Crippen molar-refractivity contribution in [3.05, 3.63) is 12.7 Å². The largest absolute Gasteiger partial charge is 0.390 e. The highest BCUT2D eigenvalue weighted by Crippen LogP contribution is 2.66. The van der Waals surface area contributed by atoms with Crippen LogP contribution in [0.25, 0.3) is 0 Å². The first-order valence-corrected chi connectivity index (χ1v) is 9.22. The van der Waals surface area contributed by atoms with E-state index in [1.54, 1.807) is 6.08 Å². The van der Waals surface area contributed by atoms with Crippen molar-refractivity contribution in [1.29, 1.82) is 0 Å². The van der Waals surface area contributed by atoms with Crippen molar-refractivity contribution in [2.24, 2.45) is 28.1 Å². The number of fused-ring (bicyclic) bond motifs is 3. The summed E-state index contributed by atoms with van der Waals surface area (Å²) >= 11 is 0. The monoisotopic (exact) mass is 322 g/mol. The van der Waals surface area contributed by atoms with E-state index >= 15 is 0 Å². The van der Waals surface area contributed by atoms with Crippen molar-refractivity contribution in [1.82, 2.24) is 0 Å². The molecule has 0 amide bonds. The van der Waals surface area contributed by atoms with Gasteiger partial charge in [-0.1, -0.05) is 40.2 Å². The topological polar surface area (TPSA) is 60.7 Å². The molecule has 0 radical (unpaired) electrons. The summed E-state index contributed by atoms with van der Waals surface area (Å²) < 4.78 is 0. The van der Waals surface area contributed by atoms with Gasteiger partial charge in [0, 0.05) is 11.3 Å². The molecule has 3 aliphatic carbocycles. The van der Waals surface area contributed by atoms with Crippen LogP contribution in [-0.4, -0.2) is 33.1 Å². The first-order valence-electron chi connectivity index (χ1n) is 9.22. The van der Waals surface area contributed by atoms with E-state index in [1.807, 2.05) is 6.92 Å². The summed E-state index contributed by atoms with van der Waals surface area (Å²) in [6.07, 6.45) is 5.56. The van der Waals surface area contributed by atoms with Crippen LogP contribution >= 0.6 is 0 Å². The summed E-state index contributed by atoms with van der Waals surface area (Å²) in [7, 11) is 0. The lowest BCUT2D eigenvalue weighted by atomic mass is 9.41. The molecule has 3 N–H and O–H groups in total. The van der Waals surface area contributed by atoms with Crippen molar-refractivity contribution >= 4 is 0 Å². The number of aliphatic hydroxyl groups excluding tert-OH is 2. The second kappa shape index (κ2) is 5.06. The molecule has 0 heterocycles. The van der Waals surface area contributed by atoms with Crippen LogP contribution in [0.15, 0.2) is 12.7 Å². The van der Waals surface area contributed by atoms with Gasteiger partial charge >= 0.3 is 0 Å². The molecule has 0 aliphatic heterocycles. The molecule has 23 heavy (non-hydrogen) atoms. The summed E-state index contributed by atoms with van der Waals surface area (Å²) in [5.41, 5.74) is -1.41. The molecule has 3 aliphatic rings. The minimum absolute atomic E-state index is 0.113. The lowest BCUT2D eigenvalue weighted by molar-refractivity contribution is -0.265. The lowest BCUT2D eigenvalue weighted by Gasteiger charge is -2.66. The van der Waals surface area contributed by atoms with Gasteiger partial charge in [-0.15, -0.1) is 6.58 Å². The number of rotatable bonds is 1. The first kappa shape index (κ1) is 17.4. The van der Waals surface area contributed by atoms with Crippen molar-refractivity contribution in [3.8, 4) is 0 Å². The highest BCUT2D eigenvalue weighted by atomic mass is 16.3. The summed E-state index contributed by atoms with van der Waals surface area (Å²) in [5.74, 6) is 0.236. The van der Waals surface area contributed by atoms with Gasteiger partial charge in [0.05, 0.1) is 17.8 Å². The van der Waals surface area contributed by atoms with Crippen LogP contribution in [0.2, 0.25) is 0 Å². The van der Waals surface area contributed by atoms with Crippen LogP contribution in [0.5, 0.6) is 0 Å². The zero-order valence-corrected chi connectivity index (χ0v) is 15.2. The smallest absolute Gasteiger partial charge is 0.0891 e. The average molecular weight is 322 g/mol. The van der Waals surface area contributed by atoms with Crippen LogP contribution < -0.4 is 0 Å². The number of aliphatic hydroxyl groups is 3. The van der Waals surface area contributed by atoms with E-state index < -0.39 is 23.2 Å². The Labute approximate surface area is 140 Å². The van der Waals surface area contributed by atoms with E-state index in [2.05, 4.69) is 27.4 Å². The fourth-order valence-electron chi connectivity index (χ4n) is 6.86. The van der Waals surface area contributed by atoms with E-state index in [0.29, 0.717) is 18.8 Å². The zero-order chi connectivity index (χ0) is 17.3. The SMILES string of the molecule is C=C[C@@]1(C)C[C@]2(O)CC[C@H]3C(C)(C)CCC[C@]3(C)[C@H]2C(O)C1O. The maximum absolute atomic E-state index is 11.5. The van der Waals surface area contributed by atoms with Gasteiger partial charge in [0.1, 0.15) is 0 Å². The molecule has 0 aromatic rings. The van der Waals surface area contributed by atoms with Gasteiger partial charge in [0.15, 0.2) is 0 Å². The molecule has 0 aromatic heterocycles. The predicted molar refractivity (Wildman–Crippen MR) is 91.8 cm³/mol. The molecular formula is C20H34O3. The Morgan fingerprint density at radius 3 is 2.30 bits per heavy atom. The maximum Gasteiger partial charge on any atom is 0.0891 e. The summed E-state index contributed by atoms with van der Waals surface area (Å²) in [5, 5.41) is 33.3. The molecular weight excluding hydrogens is 288 g/mol. The van der Waals surface area contributed by atoms with E-state index in [-0.39, 0.29) is 16.7 Å². The summed E-state index contributed by atoms with van der Waals surface area (Å²) in [6, 6.07) is 0. The molecule has 7 atom stereocenters. The van der Waals surface area contributed by atoms with Crippen LogP contribution in [0.3, 0.4) is 0 Å². The van der Waals surface area contributed by atoms with Crippen LogP contribution in [0.4, 0.5) is 0 Å². The fraction of sp³-hybridized carbons (Fsp3) is 0.900. The van der Waals surface area contributed by atoms with Gasteiger partial charge in [-0.3, -0.25) is 0 Å². The number of hydrogen-bond acceptors (Lipinski definition) is 3. The molecule has 0 bridgehead atoms. The molecule has 2 unspecified atom stereocenters. The Bertz CT molecular complexity index is 501. The fourth-order valence-corrected chi connectivity index (χ4v) is 6.86. The quantitative estimate of drug-likeness (QED) is 0.649. The summed E-state index contributed by atoms with van der Waals surface area (Å²) in [4.78, 5) is 0. The molecule has 0 aromatic carbocycles. The van der Waals surface area contributed by atoms with Gasteiger partial charge in [-0.25, -0.2) is 0 Å². The molecule has 3 fully saturated rings. The van der Waals surface area contributed by atoms with Crippen molar-refractivity contribution < 1.29 is 15.3 Å². The molecule has 3 rings (SSSR count). The predicted octanol–water partition coefficient (Wildman–Crippen LogP) is 3.28. The minimum atomic E-state index is -0.903. The standard InChI is InChI=1S/C20H34O3/c1-6-18(4)12-20(23)11-8-13-17(2,3)9-7-10-19(13,5)15(20)14(21)16(18)22/h6,13-16,21-23H,1,7-12H2,2-5H3/t13-,14?,15+,16?,18-,19-,20+/m0/s1. The van der Waals surface area contributed by atoms with E-state index in [0.717, 1.165) is 19.3 Å². The molecule has 3 heteroatoms. The van der Waals surface area contributed by atoms with Crippen molar-refractivity contribution in [2.75, 3.05) is 0 Å². The average Bonchev–Trinajstić information content (AvgIpc) is 2.43. The van der Waals surface area contributed by atoms with Gasteiger partial charge in [0.25, 0.3) is 0 Å². The third-order valence-corrected chi connectivity index (χ3v) is 7.93. The van der Waals surface area contributed by atoms with E-state index in [4.69, 9.17) is 0 Å². The lowest BCUT2D eigenvalue weighted by Crippen LogP contribution is -2.69. The Morgan fingerprint density at radius 1 is 1.04 bits per heavy atom. The van der Waals surface area contributed by atoms with Gasteiger partial charge in [-0.05, 0) is 48.9 Å². The van der Waals surface area contributed by atoms with Crippen LogP contribution in [-0.2, 0) is 0 Å².